The topological polar surface area (TPSA) is 58.6 Å². The molecule has 1 fully saturated rings. The van der Waals surface area contributed by atoms with Gasteiger partial charge in [-0.15, -0.1) is 0 Å². The Bertz CT molecular complexity index is 553. The fourth-order valence-corrected chi connectivity index (χ4v) is 2.66. The minimum Gasteiger partial charge on any atom is -0.488 e. The van der Waals surface area contributed by atoms with Crippen molar-refractivity contribution in [2.24, 2.45) is 5.92 Å². The normalized spacial score (nSPS) is 16.1. The third kappa shape index (κ3) is 5.27. The Morgan fingerprint density at radius 2 is 1.70 bits per heavy atom. The van der Waals surface area contributed by atoms with Crippen molar-refractivity contribution in [3.05, 3.63) is 24.3 Å². The lowest BCUT2D eigenvalue weighted by Gasteiger charge is -2.30. The molecular weight excluding hydrogens is 292 g/mol. The van der Waals surface area contributed by atoms with E-state index in [-0.39, 0.29) is 23.3 Å². The van der Waals surface area contributed by atoms with Crippen molar-refractivity contribution in [3.63, 3.8) is 0 Å². The van der Waals surface area contributed by atoms with Crippen LogP contribution < -0.4 is 10.1 Å². The average Bonchev–Trinajstić information content (AvgIpc) is 2.48. The summed E-state index contributed by atoms with van der Waals surface area (Å²) < 4.78 is 5.76. The van der Waals surface area contributed by atoms with E-state index in [1.807, 2.05) is 45.0 Å². The number of hydrogen-bond acceptors (Lipinski definition) is 3. The van der Waals surface area contributed by atoms with Crippen LogP contribution in [0.25, 0.3) is 0 Å². The number of ether oxygens (including phenoxy) is 1. The quantitative estimate of drug-likeness (QED) is 0.932. The van der Waals surface area contributed by atoms with Crippen LogP contribution in [0, 0.1) is 5.92 Å². The second-order valence-corrected chi connectivity index (χ2v) is 7.01. The fraction of sp³-hybridized carbons (Fsp3) is 0.556. The standard InChI is InChI=1S/C18H26N2O3/c1-13(21)20-11-9-14(10-12-20)17(22)19-15-5-7-16(8-6-15)23-18(2,3)4/h5-8,14H,9-12H2,1-4H3,(H,19,22). The molecule has 1 saturated heterocycles. The van der Waals surface area contributed by atoms with Crippen LogP contribution in [-0.4, -0.2) is 35.4 Å². The molecule has 23 heavy (non-hydrogen) atoms. The Labute approximate surface area is 138 Å². The van der Waals surface area contributed by atoms with Crippen molar-refractivity contribution in [2.45, 2.75) is 46.1 Å². The summed E-state index contributed by atoms with van der Waals surface area (Å²) in [6.07, 6.45) is 1.44. The van der Waals surface area contributed by atoms with Gasteiger partial charge in [0.15, 0.2) is 0 Å². The van der Waals surface area contributed by atoms with Crippen molar-refractivity contribution in [1.82, 2.24) is 4.90 Å². The Balaban J connectivity index is 1.87. The van der Waals surface area contributed by atoms with E-state index in [1.54, 1.807) is 11.8 Å². The molecule has 0 bridgehead atoms. The van der Waals surface area contributed by atoms with E-state index in [4.69, 9.17) is 4.74 Å². The lowest BCUT2D eigenvalue weighted by Crippen LogP contribution is -2.40. The molecule has 0 spiro atoms. The SMILES string of the molecule is CC(=O)N1CCC(C(=O)Nc2ccc(OC(C)(C)C)cc2)CC1. The highest BCUT2D eigenvalue weighted by atomic mass is 16.5. The third-order valence-electron chi connectivity index (χ3n) is 3.86. The van der Waals surface area contributed by atoms with Gasteiger partial charge in [0.2, 0.25) is 11.8 Å². The molecule has 5 nitrogen and oxygen atoms in total. The van der Waals surface area contributed by atoms with Gasteiger partial charge in [-0.1, -0.05) is 0 Å². The van der Waals surface area contributed by atoms with Gasteiger partial charge in [-0.3, -0.25) is 9.59 Å². The monoisotopic (exact) mass is 318 g/mol. The van der Waals surface area contributed by atoms with Crippen molar-refractivity contribution < 1.29 is 14.3 Å². The summed E-state index contributed by atoms with van der Waals surface area (Å²) in [5.41, 5.74) is 0.528. The lowest BCUT2D eigenvalue weighted by atomic mass is 9.96. The predicted molar refractivity (Wildman–Crippen MR) is 90.4 cm³/mol. The molecule has 1 aliphatic heterocycles. The van der Waals surface area contributed by atoms with E-state index >= 15 is 0 Å². The molecule has 5 heteroatoms. The minimum absolute atomic E-state index is 0.0256. The molecule has 0 aliphatic carbocycles. The van der Waals surface area contributed by atoms with Gasteiger partial charge in [0.1, 0.15) is 11.4 Å². The molecule has 0 atom stereocenters. The molecule has 2 rings (SSSR count). The van der Waals surface area contributed by atoms with Crippen molar-refractivity contribution in [2.75, 3.05) is 18.4 Å². The average molecular weight is 318 g/mol. The number of piperidine rings is 1. The molecule has 1 aliphatic rings. The van der Waals surface area contributed by atoms with Crippen LogP contribution >= 0.6 is 0 Å². The van der Waals surface area contributed by atoms with Gasteiger partial charge < -0.3 is 15.0 Å². The molecule has 2 amide bonds. The van der Waals surface area contributed by atoms with E-state index in [0.29, 0.717) is 13.1 Å². The lowest BCUT2D eigenvalue weighted by molar-refractivity contribution is -0.132. The molecule has 1 aromatic rings. The number of amides is 2. The first-order valence-electron chi connectivity index (χ1n) is 8.10. The van der Waals surface area contributed by atoms with Gasteiger partial charge in [-0.2, -0.15) is 0 Å². The summed E-state index contributed by atoms with van der Waals surface area (Å²) in [6, 6.07) is 7.42. The van der Waals surface area contributed by atoms with Crippen molar-refractivity contribution >= 4 is 17.5 Å². The zero-order valence-corrected chi connectivity index (χ0v) is 14.4. The first-order valence-corrected chi connectivity index (χ1v) is 8.10. The van der Waals surface area contributed by atoms with Gasteiger partial charge in [-0.05, 0) is 57.9 Å². The summed E-state index contributed by atoms with van der Waals surface area (Å²) in [5, 5.41) is 2.95. The summed E-state index contributed by atoms with van der Waals surface area (Å²) in [4.78, 5) is 25.4. The van der Waals surface area contributed by atoms with Crippen LogP contribution in [0.3, 0.4) is 0 Å². The molecule has 1 N–H and O–H groups in total. The number of nitrogens with zero attached hydrogens (tertiary/aromatic N) is 1. The maximum Gasteiger partial charge on any atom is 0.227 e. The molecule has 126 valence electrons. The van der Waals surface area contributed by atoms with E-state index in [9.17, 15) is 9.59 Å². The van der Waals surface area contributed by atoms with Gasteiger partial charge in [-0.25, -0.2) is 0 Å². The largest absolute Gasteiger partial charge is 0.488 e. The zero-order chi connectivity index (χ0) is 17.0. The molecule has 0 radical (unpaired) electrons. The van der Waals surface area contributed by atoms with Gasteiger partial charge in [0.25, 0.3) is 0 Å². The summed E-state index contributed by atoms with van der Waals surface area (Å²) >= 11 is 0. The summed E-state index contributed by atoms with van der Waals surface area (Å²) in [7, 11) is 0. The number of hydrogen-bond donors (Lipinski definition) is 1. The number of anilines is 1. The highest BCUT2D eigenvalue weighted by molar-refractivity contribution is 5.92. The van der Waals surface area contributed by atoms with Gasteiger partial charge >= 0.3 is 0 Å². The van der Waals surface area contributed by atoms with E-state index < -0.39 is 0 Å². The smallest absolute Gasteiger partial charge is 0.227 e. The maximum atomic E-state index is 12.3. The number of carbonyl (C=O) groups excluding carboxylic acids is 2. The van der Waals surface area contributed by atoms with E-state index in [0.717, 1.165) is 24.3 Å². The van der Waals surface area contributed by atoms with Gasteiger partial charge in [0, 0.05) is 31.6 Å². The van der Waals surface area contributed by atoms with Crippen LogP contribution in [0.1, 0.15) is 40.5 Å². The zero-order valence-electron chi connectivity index (χ0n) is 14.4. The highest BCUT2D eigenvalue weighted by Crippen LogP contribution is 2.23. The number of benzene rings is 1. The van der Waals surface area contributed by atoms with Crippen LogP contribution in [0.4, 0.5) is 5.69 Å². The van der Waals surface area contributed by atoms with E-state index in [1.165, 1.54) is 0 Å². The summed E-state index contributed by atoms with van der Waals surface area (Å²) in [6.45, 7) is 8.88. The van der Waals surface area contributed by atoms with Crippen LogP contribution in [-0.2, 0) is 9.59 Å². The van der Waals surface area contributed by atoms with Crippen LogP contribution in [0.5, 0.6) is 5.75 Å². The maximum absolute atomic E-state index is 12.3. The van der Waals surface area contributed by atoms with Crippen LogP contribution in [0.15, 0.2) is 24.3 Å². The fourth-order valence-electron chi connectivity index (χ4n) is 2.66. The molecule has 0 unspecified atom stereocenters. The van der Waals surface area contributed by atoms with Crippen molar-refractivity contribution in [3.8, 4) is 5.75 Å². The molecule has 0 saturated carbocycles. The number of rotatable bonds is 3. The molecular formula is C18H26N2O3. The number of nitrogens with one attached hydrogen (secondary N) is 1. The Morgan fingerprint density at radius 1 is 1.13 bits per heavy atom. The van der Waals surface area contributed by atoms with Crippen LogP contribution in [0.2, 0.25) is 0 Å². The summed E-state index contributed by atoms with van der Waals surface area (Å²) in [5.74, 6) is 0.859. The molecule has 0 aromatic heterocycles. The van der Waals surface area contributed by atoms with Crippen molar-refractivity contribution in [1.29, 1.82) is 0 Å². The Morgan fingerprint density at radius 3 is 2.17 bits per heavy atom. The van der Waals surface area contributed by atoms with E-state index in [2.05, 4.69) is 5.32 Å². The minimum atomic E-state index is -0.241. The first kappa shape index (κ1) is 17.3. The Kier molecular flexibility index (Phi) is 5.29. The van der Waals surface area contributed by atoms with Gasteiger partial charge in [0.05, 0.1) is 0 Å². The number of likely N-dealkylation sites (tertiary alicyclic amines) is 1. The molecule has 1 aromatic carbocycles. The Hall–Kier alpha value is -2.04. The second kappa shape index (κ2) is 7.02. The third-order valence-corrected chi connectivity index (χ3v) is 3.86. The second-order valence-electron chi connectivity index (χ2n) is 7.01. The number of carbonyl (C=O) groups is 2. The molecule has 1 heterocycles. The predicted octanol–water partition coefficient (Wildman–Crippen LogP) is 3.06. The highest BCUT2D eigenvalue weighted by Gasteiger charge is 2.26. The first-order chi connectivity index (χ1) is 10.7.